The van der Waals surface area contributed by atoms with E-state index >= 15 is 0 Å². The molecule has 0 fully saturated rings. The Bertz CT molecular complexity index is 1380. The number of fused-ring (bicyclic) bond motifs is 1. The molecule has 1 aromatic carbocycles. The van der Waals surface area contributed by atoms with Crippen molar-refractivity contribution in [2.24, 2.45) is 0 Å². The summed E-state index contributed by atoms with van der Waals surface area (Å²) < 4.78 is 1.54. The van der Waals surface area contributed by atoms with Crippen molar-refractivity contribution in [3.63, 3.8) is 0 Å². The molecule has 0 unspecified atom stereocenters. The number of nitrogens with zero attached hydrogens (tertiary/aromatic N) is 2. The summed E-state index contributed by atoms with van der Waals surface area (Å²) in [6.07, 6.45) is 4.64. The number of benzene rings is 1. The van der Waals surface area contributed by atoms with Crippen molar-refractivity contribution in [1.82, 2.24) is 14.8 Å². The number of ketones is 1. The first-order valence-corrected chi connectivity index (χ1v) is 11.5. The van der Waals surface area contributed by atoms with Gasteiger partial charge in [-0.05, 0) is 41.6 Å². The molecule has 6 rings (SSSR count). The maximum atomic E-state index is 13.6. The third-order valence-corrected chi connectivity index (χ3v) is 7.30. The molecule has 2 aliphatic rings. The molecule has 158 valence electrons. The van der Waals surface area contributed by atoms with Gasteiger partial charge in [0.25, 0.3) is 5.56 Å². The molecule has 3 aromatic heterocycles. The monoisotopic (exact) mass is 440 g/mol. The summed E-state index contributed by atoms with van der Waals surface area (Å²) in [5.41, 5.74) is 3.58. The van der Waals surface area contributed by atoms with E-state index in [4.69, 9.17) is 0 Å². The lowest BCUT2D eigenvalue weighted by Crippen LogP contribution is -2.31. The number of carbonyl (C=O) groups is 1. The number of anilines is 1. The number of thiophene rings is 1. The molecule has 2 atom stereocenters. The quantitative estimate of drug-likeness (QED) is 0.489. The zero-order chi connectivity index (χ0) is 21.7. The highest BCUT2D eigenvalue weighted by atomic mass is 32.1. The van der Waals surface area contributed by atoms with E-state index in [9.17, 15) is 9.59 Å². The second kappa shape index (κ2) is 7.46. The van der Waals surface area contributed by atoms with Crippen LogP contribution in [0.3, 0.4) is 0 Å². The first kappa shape index (κ1) is 19.0. The Morgan fingerprint density at radius 1 is 1.00 bits per heavy atom. The van der Waals surface area contributed by atoms with Crippen molar-refractivity contribution in [2.45, 2.75) is 24.7 Å². The van der Waals surface area contributed by atoms with Gasteiger partial charge in [-0.15, -0.1) is 11.3 Å². The van der Waals surface area contributed by atoms with E-state index in [0.29, 0.717) is 23.4 Å². The molecule has 0 amide bonds. The summed E-state index contributed by atoms with van der Waals surface area (Å²) in [4.78, 5) is 32.5. The van der Waals surface area contributed by atoms with Gasteiger partial charge in [0.1, 0.15) is 5.82 Å². The average molecular weight is 441 g/mol. The normalized spacial score (nSPS) is 19.9. The van der Waals surface area contributed by atoms with Crippen LogP contribution in [-0.2, 0) is 4.79 Å². The molecule has 0 saturated heterocycles. The van der Waals surface area contributed by atoms with Crippen LogP contribution in [0.5, 0.6) is 0 Å². The number of hydrogen-bond donors (Lipinski definition) is 2. The number of aromatic amines is 1. The molecule has 4 aromatic rings. The number of aromatic nitrogens is 3. The number of Topliss-reactive ketones (excluding diaryl/α,β-unsaturated/α-hetero) is 1. The van der Waals surface area contributed by atoms with Gasteiger partial charge in [0, 0.05) is 46.8 Å². The number of rotatable bonds is 3. The van der Waals surface area contributed by atoms with Gasteiger partial charge in [0.15, 0.2) is 5.78 Å². The average Bonchev–Trinajstić information content (AvgIpc) is 3.47. The summed E-state index contributed by atoms with van der Waals surface area (Å²) in [6.45, 7) is 0. The second-order valence-corrected chi connectivity index (χ2v) is 9.14. The number of pyridine rings is 1. The Morgan fingerprint density at radius 3 is 2.62 bits per heavy atom. The fourth-order valence-electron chi connectivity index (χ4n) is 4.86. The van der Waals surface area contributed by atoms with Crippen molar-refractivity contribution in [3.8, 4) is 5.69 Å². The minimum atomic E-state index is -0.444. The Hall–Kier alpha value is -3.71. The van der Waals surface area contributed by atoms with Gasteiger partial charge in [-0.2, -0.15) is 0 Å². The number of carbonyl (C=O) groups excluding carboxylic acids is 1. The van der Waals surface area contributed by atoms with Gasteiger partial charge in [-0.25, -0.2) is 4.68 Å². The Morgan fingerprint density at radius 2 is 1.88 bits per heavy atom. The van der Waals surface area contributed by atoms with Crippen LogP contribution in [0.1, 0.15) is 40.7 Å². The summed E-state index contributed by atoms with van der Waals surface area (Å²) in [5.74, 6) is 0.433. The summed E-state index contributed by atoms with van der Waals surface area (Å²) >= 11 is 1.68. The minimum absolute atomic E-state index is 0.0866. The molecule has 32 heavy (non-hydrogen) atoms. The van der Waals surface area contributed by atoms with Crippen LogP contribution < -0.4 is 10.9 Å². The molecular formula is C25H20N4O2S. The van der Waals surface area contributed by atoms with Crippen LogP contribution in [0.25, 0.3) is 5.69 Å². The van der Waals surface area contributed by atoms with Gasteiger partial charge < -0.3 is 5.32 Å². The molecule has 0 saturated carbocycles. The first-order chi connectivity index (χ1) is 15.7. The summed E-state index contributed by atoms with van der Waals surface area (Å²) in [7, 11) is 0. The molecule has 7 heteroatoms. The van der Waals surface area contributed by atoms with E-state index < -0.39 is 5.92 Å². The lowest BCUT2D eigenvalue weighted by atomic mass is 9.74. The van der Waals surface area contributed by atoms with Gasteiger partial charge in [-0.1, -0.05) is 30.3 Å². The van der Waals surface area contributed by atoms with Crippen molar-refractivity contribution in [3.05, 3.63) is 110 Å². The van der Waals surface area contributed by atoms with E-state index in [-0.39, 0.29) is 17.3 Å². The molecule has 1 aliphatic heterocycles. The van der Waals surface area contributed by atoms with Crippen molar-refractivity contribution >= 4 is 22.9 Å². The number of H-pyrrole nitrogens is 1. The molecule has 0 radical (unpaired) electrons. The highest BCUT2D eigenvalue weighted by molar-refractivity contribution is 7.10. The predicted molar refractivity (Wildman–Crippen MR) is 124 cm³/mol. The van der Waals surface area contributed by atoms with E-state index in [1.54, 1.807) is 28.4 Å². The maximum absolute atomic E-state index is 13.6. The second-order valence-electron chi connectivity index (χ2n) is 8.16. The number of allylic oxidation sites excluding steroid dienone is 2. The Kier molecular flexibility index (Phi) is 4.43. The maximum Gasteiger partial charge on any atom is 0.277 e. The van der Waals surface area contributed by atoms with Gasteiger partial charge in [0.2, 0.25) is 0 Å². The zero-order valence-corrected chi connectivity index (χ0v) is 17.9. The molecular weight excluding hydrogens is 420 g/mol. The molecule has 1 aliphatic carbocycles. The third kappa shape index (κ3) is 2.97. The van der Waals surface area contributed by atoms with E-state index in [2.05, 4.69) is 21.5 Å². The largest absolute Gasteiger partial charge is 0.343 e. The van der Waals surface area contributed by atoms with E-state index in [1.165, 1.54) is 4.88 Å². The van der Waals surface area contributed by atoms with Gasteiger partial charge in [-0.3, -0.25) is 19.7 Å². The van der Waals surface area contributed by atoms with Crippen LogP contribution in [0.15, 0.2) is 88.4 Å². The van der Waals surface area contributed by atoms with Crippen LogP contribution >= 0.6 is 11.3 Å². The van der Waals surface area contributed by atoms with Crippen molar-refractivity contribution in [1.29, 1.82) is 0 Å². The standard InChI is InChI=1S/C25H20N4O2S/c30-19-13-16(20-9-5-11-32-20)12-18-22(19)21(15-6-4-10-26-14-15)23-24(27-18)28-29(25(23)31)17-7-2-1-3-8-17/h1-11,14,16,21,27-28H,12-13H2/t16-,21-/m1/s1. The lowest BCUT2D eigenvalue weighted by Gasteiger charge is -2.34. The van der Waals surface area contributed by atoms with Gasteiger partial charge >= 0.3 is 0 Å². The topological polar surface area (TPSA) is 79.8 Å². The fraction of sp³-hybridized carbons (Fsp3) is 0.160. The number of para-hydroxylation sites is 1. The molecule has 4 heterocycles. The van der Waals surface area contributed by atoms with Gasteiger partial charge in [0.05, 0.1) is 11.3 Å². The molecule has 0 spiro atoms. The number of nitrogens with one attached hydrogen (secondary N) is 2. The molecule has 0 bridgehead atoms. The molecule has 6 nitrogen and oxygen atoms in total. The molecule has 2 N–H and O–H groups in total. The lowest BCUT2D eigenvalue weighted by molar-refractivity contribution is -0.116. The number of hydrogen-bond acceptors (Lipinski definition) is 5. The van der Waals surface area contributed by atoms with Crippen LogP contribution in [0, 0.1) is 0 Å². The highest BCUT2D eigenvalue weighted by Crippen LogP contribution is 2.47. The van der Waals surface area contributed by atoms with Crippen molar-refractivity contribution in [2.75, 3.05) is 5.32 Å². The van der Waals surface area contributed by atoms with E-state index in [1.807, 2.05) is 53.9 Å². The van der Waals surface area contributed by atoms with E-state index in [0.717, 1.165) is 23.4 Å². The highest BCUT2D eigenvalue weighted by Gasteiger charge is 2.41. The SMILES string of the molecule is O=C1C[C@H](c2cccs2)CC2=C1[C@@H](c1cccnc1)c1c([nH]n(-c3ccccc3)c1=O)N2. The van der Waals surface area contributed by atoms with Crippen LogP contribution in [0.2, 0.25) is 0 Å². The Labute approximate surface area is 188 Å². The zero-order valence-electron chi connectivity index (χ0n) is 17.1. The first-order valence-electron chi connectivity index (χ1n) is 10.6. The summed E-state index contributed by atoms with van der Waals surface area (Å²) in [5, 5.41) is 8.71. The van der Waals surface area contributed by atoms with Crippen LogP contribution in [-0.4, -0.2) is 20.5 Å². The van der Waals surface area contributed by atoms with Crippen molar-refractivity contribution < 1.29 is 4.79 Å². The third-order valence-electron chi connectivity index (χ3n) is 6.27. The fourth-order valence-corrected chi connectivity index (χ4v) is 5.69. The van der Waals surface area contributed by atoms with Crippen LogP contribution in [0.4, 0.5) is 5.82 Å². The Balaban J connectivity index is 1.53. The predicted octanol–water partition coefficient (Wildman–Crippen LogP) is 4.58. The summed E-state index contributed by atoms with van der Waals surface area (Å²) in [6, 6.07) is 17.4. The smallest absolute Gasteiger partial charge is 0.277 e. The minimum Gasteiger partial charge on any atom is -0.343 e.